The summed E-state index contributed by atoms with van der Waals surface area (Å²) in [4.78, 5) is 14.8. The van der Waals surface area contributed by atoms with Crippen molar-refractivity contribution in [3.8, 4) is 10.9 Å². The largest absolute Gasteiger partial charge is 0.430 e. The van der Waals surface area contributed by atoms with Gasteiger partial charge in [0.05, 0.1) is 0 Å². The molecule has 0 spiro atoms. The minimum absolute atomic E-state index is 0.0139. The third-order valence-corrected chi connectivity index (χ3v) is 5.03. The molecule has 3 heterocycles. The van der Waals surface area contributed by atoms with Crippen LogP contribution < -0.4 is 10.1 Å². The zero-order chi connectivity index (χ0) is 15.6. The molecule has 0 aliphatic carbocycles. The summed E-state index contributed by atoms with van der Waals surface area (Å²) in [6, 6.07) is 7.39. The summed E-state index contributed by atoms with van der Waals surface area (Å²) in [6.45, 7) is 3.35. The van der Waals surface area contributed by atoms with Gasteiger partial charge in [-0.2, -0.15) is 0 Å². The van der Waals surface area contributed by atoms with E-state index in [0.717, 1.165) is 18.9 Å². The first-order valence-electron chi connectivity index (χ1n) is 7.83. The molecule has 2 aliphatic rings. The quantitative estimate of drug-likeness (QED) is 0.930. The van der Waals surface area contributed by atoms with Crippen molar-refractivity contribution in [2.24, 2.45) is 5.92 Å². The molecule has 3 atom stereocenters. The first-order chi connectivity index (χ1) is 11.3. The Balaban J connectivity index is 1.36. The normalized spacial score (nSPS) is 26.0. The molecule has 1 aromatic heterocycles. The van der Waals surface area contributed by atoms with Gasteiger partial charge in [-0.3, -0.25) is 4.79 Å². The maximum Gasteiger partial charge on any atom is 0.299 e. The first-order valence-corrected chi connectivity index (χ1v) is 8.71. The standard InChI is InChI=1S/C16H18N4O2S/c21-15(18-13-7-11-5-6-20(8-11)9-13)12-1-3-14(4-2-12)22-16-19-17-10-23-16/h1-4,10-11,13H,5-9H2,(H,18,21)/t11-,13+/m0/s1. The Bertz CT molecular complexity index is 662. The van der Waals surface area contributed by atoms with Gasteiger partial charge in [-0.05, 0) is 49.6 Å². The van der Waals surface area contributed by atoms with Gasteiger partial charge in [-0.15, -0.1) is 5.10 Å². The molecule has 2 saturated heterocycles. The number of nitrogens with zero attached hydrogens (tertiary/aromatic N) is 3. The van der Waals surface area contributed by atoms with Crippen molar-refractivity contribution < 1.29 is 9.53 Å². The number of amides is 1. The lowest BCUT2D eigenvalue weighted by Crippen LogP contribution is -2.46. The van der Waals surface area contributed by atoms with E-state index in [4.69, 9.17) is 4.74 Å². The molecule has 23 heavy (non-hydrogen) atoms. The molecule has 6 nitrogen and oxygen atoms in total. The third kappa shape index (κ3) is 3.35. The zero-order valence-electron chi connectivity index (χ0n) is 12.6. The van der Waals surface area contributed by atoms with Gasteiger partial charge in [0.2, 0.25) is 0 Å². The van der Waals surface area contributed by atoms with Crippen LogP contribution in [0.4, 0.5) is 0 Å². The molecule has 7 heteroatoms. The maximum absolute atomic E-state index is 12.4. The number of hydrogen-bond donors (Lipinski definition) is 1. The fourth-order valence-corrected chi connectivity index (χ4v) is 3.84. The molecule has 2 aliphatic heterocycles. The molecule has 4 rings (SSSR count). The number of nitrogens with one attached hydrogen (secondary N) is 1. The van der Waals surface area contributed by atoms with E-state index in [-0.39, 0.29) is 11.9 Å². The third-order valence-electron chi connectivity index (χ3n) is 4.46. The van der Waals surface area contributed by atoms with Gasteiger partial charge in [-0.25, -0.2) is 0 Å². The van der Waals surface area contributed by atoms with E-state index < -0.39 is 0 Å². The van der Waals surface area contributed by atoms with Crippen molar-refractivity contribution in [2.45, 2.75) is 18.9 Å². The van der Waals surface area contributed by atoms with E-state index in [0.29, 0.717) is 16.5 Å². The van der Waals surface area contributed by atoms with Crippen molar-refractivity contribution in [2.75, 3.05) is 19.6 Å². The Morgan fingerprint density at radius 3 is 2.91 bits per heavy atom. The summed E-state index contributed by atoms with van der Waals surface area (Å²) in [5, 5.41) is 11.2. The summed E-state index contributed by atoms with van der Waals surface area (Å²) in [5.41, 5.74) is 2.27. The van der Waals surface area contributed by atoms with Crippen molar-refractivity contribution >= 4 is 17.2 Å². The average molecular weight is 330 g/mol. The molecule has 1 N–H and O–H groups in total. The number of rotatable bonds is 4. The van der Waals surface area contributed by atoms with Crippen LogP contribution in [0.25, 0.3) is 0 Å². The van der Waals surface area contributed by atoms with Crippen LogP contribution in [0.15, 0.2) is 29.8 Å². The Labute approximate surface area is 138 Å². The molecule has 0 radical (unpaired) electrons. The number of aromatic nitrogens is 2. The smallest absolute Gasteiger partial charge is 0.299 e. The lowest BCUT2D eigenvalue weighted by molar-refractivity contribution is 0.0909. The molecule has 2 fully saturated rings. The Hall–Kier alpha value is -1.99. The van der Waals surface area contributed by atoms with E-state index in [1.165, 1.54) is 30.8 Å². The van der Waals surface area contributed by atoms with Crippen LogP contribution in [0.2, 0.25) is 0 Å². The van der Waals surface area contributed by atoms with E-state index in [1.807, 2.05) is 0 Å². The molecule has 1 aromatic carbocycles. The molecular formula is C16H18N4O2S. The van der Waals surface area contributed by atoms with Crippen LogP contribution in [-0.4, -0.2) is 46.7 Å². The van der Waals surface area contributed by atoms with Gasteiger partial charge in [0, 0.05) is 24.7 Å². The minimum atomic E-state index is -0.0139. The number of piperidine rings is 1. The zero-order valence-corrected chi connectivity index (χ0v) is 13.5. The van der Waals surface area contributed by atoms with Crippen molar-refractivity contribution in [1.82, 2.24) is 20.4 Å². The van der Waals surface area contributed by atoms with Gasteiger partial charge in [0.1, 0.15) is 11.3 Å². The number of hydrogen-bond acceptors (Lipinski definition) is 6. The van der Waals surface area contributed by atoms with Crippen molar-refractivity contribution in [1.29, 1.82) is 0 Å². The van der Waals surface area contributed by atoms with Crippen LogP contribution in [-0.2, 0) is 0 Å². The average Bonchev–Trinajstić information content (AvgIpc) is 3.18. The summed E-state index contributed by atoms with van der Waals surface area (Å²) in [5.74, 6) is 1.39. The van der Waals surface area contributed by atoms with Gasteiger partial charge in [0.25, 0.3) is 11.1 Å². The summed E-state index contributed by atoms with van der Waals surface area (Å²) < 4.78 is 5.55. The highest BCUT2D eigenvalue weighted by Gasteiger charge is 2.32. The monoisotopic (exact) mass is 330 g/mol. The van der Waals surface area contributed by atoms with Gasteiger partial charge >= 0.3 is 0 Å². The van der Waals surface area contributed by atoms with E-state index in [2.05, 4.69) is 20.4 Å². The molecule has 1 unspecified atom stereocenters. The summed E-state index contributed by atoms with van der Waals surface area (Å²) >= 11 is 1.33. The predicted molar refractivity (Wildman–Crippen MR) is 86.8 cm³/mol. The second kappa shape index (κ2) is 6.25. The van der Waals surface area contributed by atoms with E-state index >= 15 is 0 Å². The fourth-order valence-electron chi connectivity index (χ4n) is 3.42. The summed E-state index contributed by atoms with van der Waals surface area (Å²) in [7, 11) is 0. The van der Waals surface area contributed by atoms with Crippen LogP contribution in [0.1, 0.15) is 23.2 Å². The predicted octanol–water partition coefficient (Wildman–Crippen LogP) is 2.15. The molecule has 2 aromatic rings. The van der Waals surface area contributed by atoms with E-state index in [9.17, 15) is 4.79 Å². The second-order valence-corrected chi connectivity index (χ2v) is 6.95. The molecule has 0 saturated carbocycles. The van der Waals surface area contributed by atoms with Crippen molar-refractivity contribution in [3.63, 3.8) is 0 Å². The minimum Gasteiger partial charge on any atom is -0.430 e. The highest BCUT2D eigenvalue weighted by atomic mass is 32.1. The van der Waals surface area contributed by atoms with Crippen LogP contribution in [0, 0.1) is 5.92 Å². The van der Waals surface area contributed by atoms with Crippen molar-refractivity contribution in [3.05, 3.63) is 35.3 Å². The number of fused-ring (bicyclic) bond motifs is 2. The second-order valence-electron chi connectivity index (χ2n) is 6.15. The number of carbonyl (C=O) groups excluding carboxylic acids is 1. The van der Waals surface area contributed by atoms with Gasteiger partial charge in [0.15, 0.2) is 0 Å². The molecular weight excluding hydrogens is 312 g/mol. The maximum atomic E-state index is 12.4. The number of carbonyl (C=O) groups is 1. The summed E-state index contributed by atoms with van der Waals surface area (Å²) in [6.07, 6.45) is 2.37. The SMILES string of the molecule is O=C(N[C@@H]1C[C@@H]2CCN(C2)C1)c1ccc(Oc2nncs2)cc1. The highest BCUT2D eigenvalue weighted by Crippen LogP contribution is 2.27. The molecule has 1 amide bonds. The fraction of sp³-hybridized carbons (Fsp3) is 0.438. The van der Waals surface area contributed by atoms with E-state index in [1.54, 1.807) is 29.8 Å². The van der Waals surface area contributed by atoms with Crippen LogP contribution in [0.3, 0.4) is 0 Å². The lowest BCUT2D eigenvalue weighted by Gasteiger charge is -2.30. The number of ether oxygens (including phenoxy) is 1. The first kappa shape index (κ1) is 14.6. The van der Waals surface area contributed by atoms with Gasteiger partial charge < -0.3 is 15.0 Å². The Morgan fingerprint density at radius 2 is 2.17 bits per heavy atom. The molecule has 2 bridgehead atoms. The lowest BCUT2D eigenvalue weighted by atomic mass is 9.96. The Morgan fingerprint density at radius 1 is 1.30 bits per heavy atom. The molecule has 120 valence electrons. The topological polar surface area (TPSA) is 67.4 Å². The van der Waals surface area contributed by atoms with Crippen LogP contribution >= 0.6 is 11.3 Å². The number of benzene rings is 1. The van der Waals surface area contributed by atoms with Crippen LogP contribution in [0.5, 0.6) is 10.9 Å². The highest BCUT2D eigenvalue weighted by molar-refractivity contribution is 7.11. The van der Waals surface area contributed by atoms with Gasteiger partial charge in [-0.1, -0.05) is 16.4 Å². The Kier molecular flexibility index (Phi) is 3.97.